The van der Waals surface area contributed by atoms with E-state index in [1.807, 2.05) is 0 Å². The molecule has 0 aliphatic heterocycles. The summed E-state index contributed by atoms with van der Waals surface area (Å²) in [5, 5.41) is 4.95. The fourth-order valence-electron chi connectivity index (χ4n) is 14.4. The van der Waals surface area contributed by atoms with Crippen LogP contribution in [0.5, 0.6) is 0 Å². The average Bonchev–Trinajstić information content (AvgIpc) is 1.61. The molecule has 0 spiro atoms. The van der Waals surface area contributed by atoms with Gasteiger partial charge in [0.05, 0.1) is 27.5 Å². The highest BCUT2D eigenvalue weighted by Gasteiger charge is 2.46. The Morgan fingerprint density at radius 2 is 0.506 bits per heavy atom. The molecule has 1 aliphatic rings. The van der Waals surface area contributed by atoms with Crippen LogP contribution in [-0.4, -0.2) is 9.13 Å². The third-order valence-corrected chi connectivity index (χ3v) is 18.4. The van der Waals surface area contributed by atoms with Gasteiger partial charge in [0.2, 0.25) is 0 Å². The Kier molecular flexibility index (Phi) is 11.8. The maximum Gasteiger partial charge on any atom is 0.0713 e. The fourth-order valence-corrected chi connectivity index (χ4v) is 14.4. The Balaban J connectivity index is 0.648. The lowest BCUT2D eigenvalue weighted by Crippen LogP contribution is -2.28. The smallest absolute Gasteiger partial charge is 0.0713 e. The number of fused-ring (bicyclic) bond motifs is 9. The normalized spacial score (nSPS) is 12.5. The van der Waals surface area contributed by atoms with Gasteiger partial charge in [0.15, 0.2) is 0 Å². The van der Waals surface area contributed by atoms with Crippen molar-refractivity contribution in [2.45, 2.75) is 5.41 Å². The van der Waals surface area contributed by atoms with E-state index in [9.17, 15) is 0 Å². The van der Waals surface area contributed by atoms with Crippen LogP contribution in [0.15, 0.2) is 340 Å². The van der Waals surface area contributed by atoms with Crippen molar-refractivity contribution in [1.29, 1.82) is 0 Å². The van der Waals surface area contributed by atoms with E-state index in [2.05, 4.69) is 349 Å². The molecule has 0 saturated carbocycles. The van der Waals surface area contributed by atoms with Crippen LogP contribution in [0.3, 0.4) is 0 Å². The molecule has 17 rings (SSSR count). The summed E-state index contributed by atoms with van der Waals surface area (Å²) >= 11 is 0. The van der Waals surface area contributed by atoms with Crippen LogP contribution in [0, 0.1) is 0 Å². The van der Waals surface area contributed by atoms with Gasteiger partial charge in [-0.05, 0) is 173 Å². The number of benzene rings is 14. The molecule has 2 heteroatoms. The Morgan fingerprint density at radius 3 is 1.02 bits per heavy atom. The topological polar surface area (TPSA) is 9.86 Å². The molecule has 14 aromatic carbocycles. The highest BCUT2D eigenvalue weighted by molar-refractivity contribution is 6.13. The molecular weight excluding hydrogens is 1050 g/mol. The standard InChI is InChI=1S/C85H56N2/c1-3-19-57(20-4-1)65-24-17-29-71(53-65)86-81-37-13-9-33-75(81)77-55-67(47-49-83(77)86)68-48-50-84-78(56-68)76-34-10-14-38-82(76)87(84)72-30-18-25-66(54-72)61-45-41-59(42-46-61)58-39-43-60(44-40-58)62-21-15-22-63(51-62)64-23-16-28-70(52-64)85(69-26-5-2-6-27-69)79-35-11-7-31-73(79)74-32-8-12-36-80(74)85/h1-56H. The van der Waals surface area contributed by atoms with Gasteiger partial charge >= 0.3 is 0 Å². The highest BCUT2D eigenvalue weighted by atomic mass is 15.0. The van der Waals surface area contributed by atoms with Gasteiger partial charge in [-0.1, -0.05) is 267 Å². The van der Waals surface area contributed by atoms with Crippen LogP contribution in [0.4, 0.5) is 0 Å². The number of nitrogens with zero attached hydrogens (tertiary/aromatic N) is 2. The van der Waals surface area contributed by atoms with Crippen LogP contribution in [0.25, 0.3) is 133 Å². The fraction of sp³-hybridized carbons (Fsp3) is 0.0118. The largest absolute Gasteiger partial charge is 0.309 e. The zero-order chi connectivity index (χ0) is 57.4. The zero-order valence-electron chi connectivity index (χ0n) is 47.7. The Hall–Kier alpha value is -11.3. The molecule has 0 N–H and O–H groups in total. The molecule has 1 aliphatic carbocycles. The molecular formula is C85H56N2. The summed E-state index contributed by atoms with van der Waals surface area (Å²) in [6.45, 7) is 0. The lowest BCUT2D eigenvalue weighted by atomic mass is 9.67. The summed E-state index contributed by atoms with van der Waals surface area (Å²) in [6, 6.07) is 125. The summed E-state index contributed by atoms with van der Waals surface area (Å²) in [4.78, 5) is 0. The first-order chi connectivity index (χ1) is 43.1. The summed E-state index contributed by atoms with van der Waals surface area (Å²) < 4.78 is 4.84. The van der Waals surface area contributed by atoms with E-state index in [0.29, 0.717) is 0 Å². The lowest BCUT2D eigenvalue weighted by Gasteiger charge is -2.34. The van der Waals surface area contributed by atoms with Gasteiger partial charge in [0.1, 0.15) is 0 Å². The van der Waals surface area contributed by atoms with Gasteiger partial charge in [-0.15, -0.1) is 0 Å². The number of rotatable bonds is 10. The molecule has 0 bridgehead atoms. The van der Waals surface area contributed by atoms with Crippen molar-refractivity contribution in [3.05, 3.63) is 362 Å². The minimum Gasteiger partial charge on any atom is -0.309 e. The van der Waals surface area contributed by atoms with Gasteiger partial charge in [0, 0.05) is 32.9 Å². The van der Waals surface area contributed by atoms with Gasteiger partial charge in [0.25, 0.3) is 0 Å². The Bertz CT molecular complexity index is 5270. The maximum absolute atomic E-state index is 2.43. The minimum atomic E-state index is -0.441. The minimum absolute atomic E-state index is 0.441. The maximum atomic E-state index is 2.43. The number of aromatic nitrogens is 2. The van der Waals surface area contributed by atoms with E-state index in [1.54, 1.807) is 0 Å². The van der Waals surface area contributed by atoms with Crippen molar-refractivity contribution < 1.29 is 0 Å². The van der Waals surface area contributed by atoms with Crippen LogP contribution in [0.1, 0.15) is 22.3 Å². The van der Waals surface area contributed by atoms with Crippen molar-refractivity contribution in [3.63, 3.8) is 0 Å². The predicted molar refractivity (Wildman–Crippen MR) is 365 cm³/mol. The summed E-state index contributed by atoms with van der Waals surface area (Å²) in [5.41, 5.74) is 28.7. The van der Waals surface area contributed by atoms with Crippen molar-refractivity contribution in [2.24, 2.45) is 0 Å². The van der Waals surface area contributed by atoms with Gasteiger partial charge in [-0.2, -0.15) is 0 Å². The molecule has 2 aromatic heterocycles. The van der Waals surface area contributed by atoms with Crippen LogP contribution < -0.4 is 0 Å². The molecule has 0 atom stereocenters. The molecule has 0 amide bonds. The van der Waals surface area contributed by atoms with E-state index in [1.165, 1.54) is 144 Å². The molecule has 0 unspecified atom stereocenters. The Morgan fingerprint density at radius 1 is 0.184 bits per heavy atom. The van der Waals surface area contributed by atoms with Crippen molar-refractivity contribution in [1.82, 2.24) is 9.13 Å². The first kappa shape index (κ1) is 50.2. The molecule has 0 fully saturated rings. The average molecular weight is 1110 g/mol. The molecule has 0 radical (unpaired) electrons. The summed E-state index contributed by atoms with van der Waals surface area (Å²) in [6.07, 6.45) is 0. The summed E-state index contributed by atoms with van der Waals surface area (Å²) in [7, 11) is 0. The quantitative estimate of drug-likeness (QED) is 0.129. The van der Waals surface area contributed by atoms with Gasteiger partial charge < -0.3 is 9.13 Å². The molecule has 2 heterocycles. The highest BCUT2D eigenvalue weighted by Crippen LogP contribution is 2.56. The second-order valence-corrected chi connectivity index (χ2v) is 23.2. The predicted octanol–water partition coefficient (Wildman–Crippen LogP) is 22.2. The second-order valence-electron chi connectivity index (χ2n) is 23.2. The Labute approximate surface area is 506 Å². The third kappa shape index (κ3) is 8.25. The van der Waals surface area contributed by atoms with Crippen LogP contribution in [0.2, 0.25) is 0 Å². The monoisotopic (exact) mass is 1100 g/mol. The molecule has 2 nitrogen and oxygen atoms in total. The van der Waals surface area contributed by atoms with Crippen molar-refractivity contribution >= 4 is 43.6 Å². The SMILES string of the molecule is c1ccc(-c2cccc(-n3c4ccccc4c4cc(-c5ccc6c(c5)c5ccccc5n6-c5cccc(-c6ccc(-c7ccc(-c8cccc(-c9cccc(C%10(c%11ccccc%11)c%11ccccc%11-c%11ccccc%11%10)c9)c8)cc7)cc6)c5)ccc43)c2)cc1. The molecule has 87 heavy (non-hydrogen) atoms. The summed E-state index contributed by atoms with van der Waals surface area (Å²) in [5.74, 6) is 0. The lowest BCUT2D eigenvalue weighted by molar-refractivity contribution is 0.769. The zero-order valence-corrected chi connectivity index (χ0v) is 47.7. The van der Waals surface area contributed by atoms with E-state index >= 15 is 0 Å². The van der Waals surface area contributed by atoms with E-state index in [-0.39, 0.29) is 0 Å². The number of hydrogen-bond acceptors (Lipinski definition) is 0. The molecule has 406 valence electrons. The third-order valence-electron chi connectivity index (χ3n) is 18.4. The van der Waals surface area contributed by atoms with Gasteiger partial charge in [-0.25, -0.2) is 0 Å². The number of hydrogen-bond donors (Lipinski definition) is 0. The van der Waals surface area contributed by atoms with Crippen molar-refractivity contribution in [2.75, 3.05) is 0 Å². The number of para-hydroxylation sites is 2. The first-order valence-electron chi connectivity index (χ1n) is 30.1. The molecule has 0 saturated heterocycles. The van der Waals surface area contributed by atoms with E-state index < -0.39 is 5.41 Å². The van der Waals surface area contributed by atoms with Crippen LogP contribution >= 0.6 is 0 Å². The van der Waals surface area contributed by atoms with E-state index in [0.717, 1.165) is 11.4 Å². The van der Waals surface area contributed by atoms with Crippen molar-refractivity contribution in [3.8, 4) is 89.3 Å². The first-order valence-corrected chi connectivity index (χ1v) is 30.1. The van der Waals surface area contributed by atoms with Crippen LogP contribution in [-0.2, 0) is 5.41 Å². The van der Waals surface area contributed by atoms with Gasteiger partial charge in [-0.3, -0.25) is 0 Å². The second kappa shape index (κ2) is 20.5. The molecule has 16 aromatic rings. The van der Waals surface area contributed by atoms with E-state index in [4.69, 9.17) is 0 Å².